The van der Waals surface area contributed by atoms with Crippen molar-refractivity contribution in [3.8, 4) is 0 Å². The average Bonchev–Trinajstić information content (AvgIpc) is 3.03. The summed E-state index contributed by atoms with van der Waals surface area (Å²) in [6, 6.07) is 10.3. The van der Waals surface area contributed by atoms with Crippen molar-refractivity contribution >= 4 is 38.7 Å². The van der Waals surface area contributed by atoms with Gasteiger partial charge in [-0.3, -0.25) is 14.9 Å². The molecule has 136 valence electrons. The number of anilines is 1. The number of carbonyl (C=O) groups excluding carboxylic acids is 1. The number of non-ortho nitro benzene ring substituents is 1. The van der Waals surface area contributed by atoms with E-state index in [1.165, 1.54) is 35.2 Å². The number of nitro groups is 1. The van der Waals surface area contributed by atoms with Gasteiger partial charge < -0.3 is 4.90 Å². The SMILES string of the molecule is O=C(CCS(=O)(=O)c1cccc(Cl)c1)N1CCc2ccc([N+](=O)[O-])cc21. The maximum atomic E-state index is 12.5. The summed E-state index contributed by atoms with van der Waals surface area (Å²) in [6.45, 7) is 0.381. The van der Waals surface area contributed by atoms with Crippen molar-refractivity contribution in [2.75, 3.05) is 17.2 Å². The third kappa shape index (κ3) is 3.71. The van der Waals surface area contributed by atoms with Gasteiger partial charge in [-0.05, 0) is 30.2 Å². The van der Waals surface area contributed by atoms with Crippen LogP contribution in [-0.4, -0.2) is 31.5 Å². The molecule has 7 nitrogen and oxygen atoms in total. The predicted octanol–water partition coefficient (Wildman–Crippen LogP) is 3.00. The summed E-state index contributed by atoms with van der Waals surface area (Å²) in [7, 11) is -3.65. The van der Waals surface area contributed by atoms with E-state index in [0.717, 1.165) is 5.56 Å². The normalized spacial score (nSPS) is 13.5. The van der Waals surface area contributed by atoms with Gasteiger partial charge in [0.25, 0.3) is 5.69 Å². The zero-order valence-corrected chi connectivity index (χ0v) is 15.2. The van der Waals surface area contributed by atoms with E-state index in [1.54, 1.807) is 12.1 Å². The minimum atomic E-state index is -3.65. The Labute approximate surface area is 155 Å². The second kappa shape index (κ2) is 7.05. The molecular weight excluding hydrogens is 380 g/mol. The van der Waals surface area contributed by atoms with Crippen LogP contribution in [0.3, 0.4) is 0 Å². The van der Waals surface area contributed by atoms with E-state index >= 15 is 0 Å². The summed E-state index contributed by atoms with van der Waals surface area (Å²) in [4.78, 5) is 24.4. The van der Waals surface area contributed by atoms with E-state index in [4.69, 9.17) is 11.6 Å². The molecule has 1 heterocycles. The zero-order chi connectivity index (χ0) is 18.9. The van der Waals surface area contributed by atoms with Gasteiger partial charge in [0, 0.05) is 30.1 Å². The molecule has 0 fully saturated rings. The quantitative estimate of drug-likeness (QED) is 0.573. The summed E-state index contributed by atoms with van der Waals surface area (Å²) < 4.78 is 24.7. The number of halogens is 1. The lowest BCUT2D eigenvalue weighted by Gasteiger charge is -2.17. The number of nitro benzene ring substituents is 1. The van der Waals surface area contributed by atoms with E-state index < -0.39 is 14.8 Å². The number of amides is 1. The van der Waals surface area contributed by atoms with Gasteiger partial charge in [0.15, 0.2) is 9.84 Å². The van der Waals surface area contributed by atoms with E-state index in [2.05, 4.69) is 0 Å². The number of sulfone groups is 1. The maximum Gasteiger partial charge on any atom is 0.271 e. The zero-order valence-electron chi connectivity index (χ0n) is 13.6. The number of nitrogens with zero attached hydrogens (tertiary/aromatic N) is 2. The van der Waals surface area contributed by atoms with Gasteiger partial charge in [-0.1, -0.05) is 23.7 Å². The molecule has 0 radical (unpaired) electrons. The average molecular weight is 395 g/mol. The van der Waals surface area contributed by atoms with Crippen molar-refractivity contribution in [1.82, 2.24) is 0 Å². The number of fused-ring (bicyclic) bond motifs is 1. The molecule has 0 unspecified atom stereocenters. The van der Waals surface area contributed by atoms with Crippen LogP contribution in [0.1, 0.15) is 12.0 Å². The van der Waals surface area contributed by atoms with Crippen molar-refractivity contribution in [3.05, 3.63) is 63.2 Å². The molecule has 0 atom stereocenters. The number of carbonyl (C=O) groups is 1. The lowest BCUT2D eigenvalue weighted by molar-refractivity contribution is -0.384. The Bertz CT molecular complexity index is 990. The summed E-state index contributed by atoms with van der Waals surface area (Å²) in [5, 5.41) is 11.2. The molecule has 26 heavy (non-hydrogen) atoms. The third-order valence-corrected chi connectivity index (χ3v) is 6.16. The van der Waals surface area contributed by atoms with Crippen LogP contribution in [-0.2, 0) is 21.1 Å². The topological polar surface area (TPSA) is 97.6 Å². The highest BCUT2D eigenvalue weighted by atomic mass is 35.5. The number of benzene rings is 2. The third-order valence-electron chi connectivity index (χ3n) is 4.22. The van der Waals surface area contributed by atoms with Crippen LogP contribution >= 0.6 is 11.6 Å². The maximum absolute atomic E-state index is 12.5. The monoisotopic (exact) mass is 394 g/mol. The summed E-state index contributed by atoms with van der Waals surface area (Å²) in [6.07, 6.45) is 0.372. The molecule has 2 aromatic carbocycles. The van der Waals surface area contributed by atoms with Gasteiger partial charge in [0.2, 0.25) is 5.91 Å². The van der Waals surface area contributed by atoms with Crippen molar-refractivity contribution < 1.29 is 18.1 Å². The molecule has 0 spiro atoms. The van der Waals surface area contributed by atoms with Crippen LogP contribution in [0.2, 0.25) is 5.02 Å². The van der Waals surface area contributed by atoms with Gasteiger partial charge >= 0.3 is 0 Å². The fraction of sp³-hybridized carbons (Fsp3) is 0.235. The van der Waals surface area contributed by atoms with E-state index in [9.17, 15) is 23.3 Å². The van der Waals surface area contributed by atoms with Crippen LogP contribution in [0.4, 0.5) is 11.4 Å². The lowest BCUT2D eigenvalue weighted by Crippen LogP contribution is -2.30. The Morgan fingerprint density at radius 2 is 2.00 bits per heavy atom. The minimum Gasteiger partial charge on any atom is -0.312 e. The highest BCUT2D eigenvalue weighted by molar-refractivity contribution is 7.91. The molecule has 0 bridgehead atoms. The van der Waals surface area contributed by atoms with Crippen molar-refractivity contribution in [3.63, 3.8) is 0 Å². The molecule has 0 aliphatic carbocycles. The lowest BCUT2D eigenvalue weighted by atomic mass is 10.1. The van der Waals surface area contributed by atoms with Crippen LogP contribution < -0.4 is 4.90 Å². The largest absolute Gasteiger partial charge is 0.312 e. The molecule has 0 N–H and O–H groups in total. The van der Waals surface area contributed by atoms with Crippen LogP contribution in [0.5, 0.6) is 0 Å². The van der Waals surface area contributed by atoms with Crippen molar-refractivity contribution in [2.45, 2.75) is 17.7 Å². The van der Waals surface area contributed by atoms with Gasteiger partial charge in [0.05, 0.1) is 21.3 Å². The number of hydrogen-bond donors (Lipinski definition) is 0. The molecule has 0 saturated heterocycles. The molecule has 0 aromatic heterocycles. The van der Waals surface area contributed by atoms with Gasteiger partial charge in [-0.15, -0.1) is 0 Å². The fourth-order valence-electron chi connectivity index (χ4n) is 2.88. The molecule has 1 amide bonds. The first-order valence-corrected chi connectivity index (χ1v) is 9.87. The first-order chi connectivity index (χ1) is 12.3. The van der Waals surface area contributed by atoms with Gasteiger partial charge in [0.1, 0.15) is 0 Å². The second-order valence-corrected chi connectivity index (χ2v) is 8.44. The summed E-state index contributed by atoms with van der Waals surface area (Å²) in [5.74, 6) is -0.734. The Balaban J connectivity index is 1.74. The first-order valence-electron chi connectivity index (χ1n) is 7.84. The highest BCUT2D eigenvalue weighted by Crippen LogP contribution is 2.32. The molecule has 2 aromatic rings. The smallest absolute Gasteiger partial charge is 0.271 e. The standard InChI is InChI=1S/C17H15ClN2O5S/c18-13-2-1-3-15(10-13)26(24,25)9-7-17(21)19-8-6-12-4-5-14(20(22)23)11-16(12)19/h1-5,10-11H,6-9H2. The van der Waals surface area contributed by atoms with E-state index in [0.29, 0.717) is 23.7 Å². The second-order valence-electron chi connectivity index (χ2n) is 5.89. The van der Waals surface area contributed by atoms with Crippen molar-refractivity contribution in [1.29, 1.82) is 0 Å². The van der Waals surface area contributed by atoms with Gasteiger partial charge in [-0.25, -0.2) is 8.42 Å². The number of hydrogen-bond acceptors (Lipinski definition) is 5. The van der Waals surface area contributed by atoms with E-state index in [-0.39, 0.29) is 28.7 Å². The van der Waals surface area contributed by atoms with Crippen LogP contribution in [0.15, 0.2) is 47.4 Å². The van der Waals surface area contributed by atoms with Crippen LogP contribution in [0.25, 0.3) is 0 Å². The Kier molecular flexibility index (Phi) is 4.97. The molecule has 0 saturated carbocycles. The van der Waals surface area contributed by atoms with Crippen molar-refractivity contribution in [2.24, 2.45) is 0 Å². The highest BCUT2D eigenvalue weighted by Gasteiger charge is 2.28. The molecule has 1 aliphatic rings. The summed E-state index contributed by atoms with van der Waals surface area (Å²) >= 11 is 5.82. The Morgan fingerprint density at radius 1 is 1.23 bits per heavy atom. The Morgan fingerprint density at radius 3 is 2.69 bits per heavy atom. The molecule has 9 heteroatoms. The Hall–Kier alpha value is -2.45. The minimum absolute atomic E-state index is 0.0651. The van der Waals surface area contributed by atoms with Gasteiger partial charge in [-0.2, -0.15) is 0 Å². The fourth-order valence-corrected chi connectivity index (χ4v) is 4.40. The van der Waals surface area contributed by atoms with Crippen LogP contribution in [0, 0.1) is 10.1 Å². The molecular formula is C17H15ClN2O5S. The van der Waals surface area contributed by atoms with E-state index in [1.807, 2.05) is 0 Å². The first kappa shape index (κ1) is 18.3. The predicted molar refractivity (Wildman–Crippen MR) is 97.3 cm³/mol. The summed E-state index contributed by atoms with van der Waals surface area (Å²) in [5.41, 5.74) is 1.21. The molecule has 3 rings (SSSR count). The number of rotatable bonds is 5. The molecule has 1 aliphatic heterocycles.